The molecule has 1 aromatic carbocycles. The molecule has 1 aromatic heterocycles. The zero-order valence-corrected chi connectivity index (χ0v) is 13.8. The van der Waals surface area contributed by atoms with Crippen LogP contribution in [0, 0.1) is 12.8 Å². The van der Waals surface area contributed by atoms with Crippen LogP contribution in [0.2, 0.25) is 5.02 Å². The number of hydrogen-bond donors (Lipinski definition) is 0. The number of aromatic nitrogens is 1. The SMILES string of the molecule is COc1cc(N(Cc2ccc(Cl)cc2)CC2CC2)cnc1C. The van der Waals surface area contributed by atoms with Crippen LogP contribution in [-0.4, -0.2) is 18.6 Å². The Balaban J connectivity index is 1.83. The van der Waals surface area contributed by atoms with Gasteiger partial charge in [-0.1, -0.05) is 23.7 Å². The molecule has 0 radical (unpaired) electrons. The molecule has 1 saturated carbocycles. The molecule has 0 saturated heterocycles. The predicted octanol–water partition coefficient (Wildman–Crippen LogP) is 4.47. The highest BCUT2D eigenvalue weighted by atomic mass is 35.5. The fourth-order valence-electron chi connectivity index (χ4n) is 2.57. The van der Waals surface area contributed by atoms with Crippen molar-refractivity contribution >= 4 is 17.3 Å². The Hall–Kier alpha value is -1.74. The quantitative estimate of drug-likeness (QED) is 0.786. The number of methoxy groups -OCH3 is 1. The Bertz CT molecular complexity index is 638. The summed E-state index contributed by atoms with van der Waals surface area (Å²) in [5.41, 5.74) is 3.29. The van der Waals surface area contributed by atoms with Gasteiger partial charge in [-0.25, -0.2) is 0 Å². The van der Waals surface area contributed by atoms with Crippen LogP contribution in [0.15, 0.2) is 36.5 Å². The average Bonchev–Trinajstić information content (AvgIpc) is 3.33. The van der Waals surface area contributed by atoms with E-state index in [1.807, 2.05) is 25.3 Å². The summed E-state index contributed by atoms with van der Waals surface area (Å²) >= 11 is 5.98. The smallest absolute Gasteiger partial charge is 0.142 e. The van der Waals surface area contributed by atoms with Crippen molar-refractivity contribution < 1.29 is 4.74 Å². The lowest BCUT2D eigenvalue weighted by Crippen LogP contribution is -2.25. The maximum Gasteiger partial charge on any atom is 0.142 e. The van der Waals surface area contributed by atoms with Gasteiger partial charge in [-0.15, -0.1) is 0 Å². The lowest BCUT2D eigenvalue weighted by molar-refractivity contribution is 0.409. The van der Waals surface area contributed by atoms with Gasteiger partial charge in [0.15, 0.2) is 0 Å². The molecule has 3 rings (SSSR count). The fourth-order valence-corrected chi connectivity index (χ4v) is 2.69. The van der Waals surface area contributed by atoms with Gasteiger partial charge in [0.2, 0.25) is 0 Å². The number of rotatable bonds is 6. The molecule has 0 N–H and O–H groups in total. The molecule has 4 heteroatoms. The average molecular weight is 317 g/mol. The van der Waals surface area contributed by atoms with Crippen LogP contribution in [0.4, 0.5) is 5.69 Å². The van der Waals surface area contributed by atoms with E-state index in [4.69, 9.17) is 16.3 Å². The molecular formula is C18H21ClN2O. The second-order valence-corrected chi connectivity index (χ2v) is 6.37. The Kier molecular flexibility index (Phi) is 4.53. The molecule has 116 valence electrons. The molecule has 2 aromatic rings. The van der Waals surface area contributed by atoms with Crippen LogP contribution in [-0.2, 0) is 6.54 Å². The van der Waals surface area contributed by atoms with Crippen LogP contribution < -0.4 is 9.64 Å². The lowest BCUT2D eigenvalue weighted by atomic mass is 10.2. The third kappa shape index (κ3) is 3.72. The first-order valence-electron chi connectivity index (χ1n) is 7.65. The van der Waals surface area contributed by atoms with Crippen molar-refractivity contribution in [1.29, 1.82) is 0 Å². The summed E-state index contributed by atoms with van der Waals surface area (Å²) in [5, 5.41) is 0.774. The Morgan fingerprint density at radius 2 is 2.00 bits per heavy atom. The highest BCUT2D eigenvalue weighted by Gasteiger charge is 2.25. The van der Waals surface area contributed by atoms with E-state index in [1.165, 1.54) is 18.4 Å². The second kappa shape index (κ2) is 6.57. The second-order valence-electron chi connectivity index (χ2n) is 5.93. The fraction of sp³-hybridized carbons (Fsp3) is 0.389. The molecular weight excluding hydrogens is 296 g/mol. The van der Waals surface area contributed by atoms with Crippen molar-refractivity contribution in [3.05, 3.63) is 52.8 Å². The first-order chi connectivity index (χ1) is 10.7. The number of pyridine rings is 1. The molecule has 0 bridgehead atoms. The molecule has 0 spiro atoms. The summed E-state index contributed by atoms with van der Waals surface area (Å²) in [6.45, 7) is 3.89. The number of benzene rings is 1. The van der Waals surface area contributed by atoms with Gasteiger partial charge < -0.3 is 9.64 Å². The van der Waals surface area contributed by atoms with E-state index < -0.39 is 0 Å². The van der Waals surface area contributed by atoms with Gasteiger partial charge in [0, 0.05) is 24.2 Å². The van der Waals surface area contributed by atoms with Crippen molar-refractivity contribution in [3.8, 4) is 5.75 Å². The number of hydrogen-bond acceptors (Lipinski definition) is 3. The molecule has 0 atom stereocenters. The van der Waals surface area contributed by atoms with Crippen LogP contribution in [0.1, 0.15) is 24.1 Å². The minimum atomic E-state index is 0.774. The molecule has 22 heavy (non-hydrogen) atoms. The van der Waals surface area contributed by atoms with Crippen molar-refractivity contribution in [2.75, 3.05) is 18.6 Å². The van der Waals surface area contributed by atoms with Gasteiger partial charge in [0.1, 0.15) is 5.75 Å². The molecule has 1 fully saturated rings. The summed E-state index contributed by atoms with van der Waals surface area (Å²) < 4.78 is 5.42. The maximum atomic E-state index is 5.98. The number of halogens is 1. The van der Waals surface area contributed by atoms with Gasteiger partial charge in [-0.05, 0) is 43.4 Å². The molecule has 0 amide bonds. The zero-order chi connectivity index (χ0) is 15.5. The normalized spacial score (nSPS) is 14.0. The Labute approximate surface area is 136 Å². The molecule has 0 aliphatic heterocycles. The van der Waals surface area contributed by atoms with Gasteiger partial charge in [0.05, 0.1) is 24.7 Å². The molecule has 1 aliphatic rings. The largest absolute Gasteiger partial charge is 0.495 e. The van der Waals surface area contributed by atoms with Gasteiger partial charge >= 0.3 is 0 Å². The molecule has 1 aliphatic carbocycles. The standard InChI is InChI=1S/C18H21ClN2O/c1-13-18(22-2)9-17(10-20-13)21(11-14-3-4-14)12-15-5-7-16(19)8-6-15/h5-10,14H,3-4,11-12H2,1-2H3. The van der Waals surface area contributed by atoms with Crippen molar-refractivity contribution in [2.45, 2.75) is 26.3 Å². The topological polar surface area (TPSA) is 25.4 Å². The molecule has 1 heterocycles. The summed E-state index contributed by atoms with van der Waals surface area (Å²) in [6, 6.07) is 10.1. The van der Waals surface area contributed by atoms with Crippen LogP contribution in [0.25, 0.3) is 0 Å². The zero-order valence-electron chi connectivity index (χ0n) is 13.1. The first kappa shape index (κ1) is 15.2. The maximum absolute atomic E-state index is 5.98. The molecule has 3 nitrogen and oxygen atoms in total. The van der Waals surface area contributed by atoms with Crippen molar-refractivity contribution in [1.82, 2.24) is 4.98 Å². The summed E-state index contributed by atoms with van der Waals surface area (Å²) in [7, 11) is 1.69. The number of nitrogens with zero attached hydrogens (tertiary/aromatic N) is 2. The number of aryl methyl sites for hydroxylation is 1. The third-order valence-corrected chi connectivity index (χ3v) is 4.33. The first-order valence-corrected chi connectivity index (χ1v) is 8.03. The number of anilines is 1. The van der Waals surface area contributed by atoms with Gasteiger partial charge in [0.25, 0.3) is 0 Å². The van der Waals surface area contributed by atoms with E-state index in [2.05, 4.69) is 28.1 Å². The highest BCUT2D eigenvalue weighted by Crippen LogP contribution is 2.33. The van der Waals surface area contributed by atoms with Crippen molar-refractivity contribution in [3.63, 3.8) is 0 Å². The molecule has 0 unspecified atom stereocenters. The van der Waals surface area contributed by atoms with Gasteiger partial charge in [-0.3, -0.25) is 4.98 Å². The van der Waals surface area contributed by atoms with E-state index >= 15 is 0 Å². The van der Waals surface area contributed by atoms with Gasteiger partial charge in [-0.2, -0.15) is 0 Å². The van der Waals surface area contributed by atoms with Crippen molar-refractivity contribution in [2.24, 2.45) is 5.92 Å². The van der Waals surface area contributed by atoms with E-state index in [0.29, 0.717) is 0 Å². The number of ether oxygens (including phenoxy) is 1. The van der Waals surface area contributed by atoms with Crippen LogP contribution in [0.3, 0.4) is 0 Å². The monoisotopic (exact) mass is 316 g/mol. The highest BCUT2D eigenvalue weighted by molar-refractivity contribution is 6.30. The summed E-state index contributed by atoms with van der Waals surface area (Å²) in [6.07, 6.45) is 4.59. The Morgan fingerprint density at radius 3 is 2.64 bits per heavy atom. The van der Waals surface area contributed by atoms with Crippen LogP contribution in [0.5, 0.6) is 5.75 Å². The van der Waals surface area contributed by atoms with Crippen LogP contribution >= 0.6 is 11.6 Å². The summed E-state index contributed by atoms with van der Waals surface area (Å²) in [5.74, 6) is 1.65. The summed E-state index contributed by atoms with van der Waals surface area (Å²) in [4.78, 5) is 6.85. The minimum absolute atomic E-state index is 0.774. The lowest BCUT2D eigenvalue weighted by Gasteiger charge is -2.25. The predicted molar refractivity (Wildman–Crippen MR) is 90.8 cm³/mol. The minimum Gasteiger partial charge on any atom is -0.495 e. The van der Waals surface area contributed by atoms with E-state index in [0.717, 1.165) is 41.2 Å². The Morgan fingerprint density at radius 1 is 1.27 bits per heavy atom. The van der Waals surface area contributed by atoms with E-state index in [-0.39, 0.29) is 0 Å². The third-order valence-electron chi connectivity index (χ3n) is 4.07. The van der Waals surface area contributed by atoms with E-state index in [1.54, 1.807) is 7.11 Å². The van der Waals surface area contributed by atoms with E-state index in [9.17, 15) is 0 Å².